The van der Waals surface area contributed by atoms with E-state index in [1.54, 1.807) is 11.9 Å². The summed E-state index contributed by atoms with van der Waals surface area (Å²) in [6.45, 7) is 2.54. The molecule has 116 valence electrons. The molecule has 0 radical (unpaired) electrons. The number of halogens is 2. The Labute approximate surface area is 133 Å². The van der Waals surface area contributed by atoms with Crippen molar-refractivity contribution in [2.75, 3.05) is 12.8 Å². The maximum atomic E-state index is 13.1. The Morgan fingerprint density at radius 2 is 1.86 bits per heavy atom. The summed E-state index contributed by atoms with van der Waals surface area (Å²) in [5.74, 6) is -1.65. The van der Waals surface area contributed by atoms with Gasteiger partial charge in [0.2, 0.25) is 5.91 Å². The van der Waals surface area contributed by atoms with Crippen molar-refractivity contribution in [3.63, 3.8) is 0 Å². The van der Waals surface area contributed by atoms with E-state index in [1.165, 1.54) is 17.8 Å². The van der Waals surface area contributed by atoms with Gasteiger partial charge in [-0.3, -0.25) is 4.79 Å². The van der Waals surface area contributed by atoms with Crippen molar-refractivity contribution in [2.45, 2.75) is 18.4 Å². The number of hydrogen-bond acceptors (Lipinski definition) is 2. The first-order valence-electron chi connectivity index (χ1n) is 6.83. The Kier molecular flexibility index (Phi) is 5.55. The van der Waals surface area contributed by atoms with E-state index in [0.717, 1.165) is 23.3 Å². The van der Waals surface area contributed by atoms with Crippen molar-refractivity contribution in [3.05, 3.63) is 65.2 Å². The molecular weight excluding hydrogens is 304 g/mol. The van der Waals surface area contributed by atoms with E-state index in [9.17, 15) is 13.6 Å². The molecule has 0 aliphatic carbocycles. The van der Waals surface area contributed by atoms with Crippen molar-refractivity contribution < 1.29 is 13.6 Å². The maximum absolute atomic E-state index is 13.1. The summed E-state index contributed by atoms with van der Waals surface area (Å²) in [6.07, 6.45) is 0. The van der Waals surface area contributed by atoms with E-state index in [-0.39, 0.29) is 11.7 Å². The predicted molar refractivity (Wildman–Crippen MR) is 84.7 cm³/mol. The molecule has 2 rings (SSSR count). The molecule has 5 heteroatoms. The molecule has 0 spiro atoms. The summed E-state index contributed by atoms with van der Waals surface area (Å²) in [6, 6.07) is 11.5. The number of carbonyl (C=O) groups excluding carboxylic acids is 1. The Morgan fingerprint density at radius 3 is 2.55 bits per heavy atom. The third kappa shape index (κ3) is 4.31. The Morgan fingerprint density at radius 1 is 1.14 bits per heavy atom. The highest BCUT2D eigenvalue weighted by Gasteiger charge is 2.11. The molecule has 0 aliphatic heterocycles. The average Bonchev–Trinajstić information content (AvgIpc) is 2.50. The molecule has 0 saturated carbocycles. The maximum Gasteiger partial charge on any atom is 0.232 e. The van der Waals surface area contributed by atoms with Gasteiger partial charge in [0.25, 0.3) is 0 Å². The van der Waals surface area contributed by atoms with Gasteiger partial charge in [0.1, 0.15) is 0 Å². The fourth-order valence-corrected chi connectivity index (χ4v) is 2.81. The second kappa shape index (κ2) is 7.40. The smallest absolute Gasteiger partial charge is 0.232 e. The molecule has 0 unspecified atom stereocenters. The first-order chi connectivity index (χ1) is 10.5. The number of carbonyl (C=O) groups is 1. The minimum absolute atomic E-state index is 0.0574. The second-order valence-electron chi connectivity index (χ2n) is 5.04. The fraction of sp³-hybridized carbons (Fsp3) is 0.235. The molecule has 2 aromatic carbocycles. The predicted octanol–water partition coefficient (Wildman–Crippen LogP) is 4.02. The summed E-state index contributed by atoms with van der Waals surface area (Å²) in [4.78, 5) is 14.3. The monoisotopic (exact) mass is 321 g/mol. The minimum atomic E-state index is -0.897. The average molecular weight is 321 g/mol. The molecule has 2 nitrogen and oxygen atoms in total. The molecule has 0 saturated heterocycles. The number of thioether (sulfide) groups is 1. The molecule has 0 aliphatic rings. The summed E-state index contributed by atoms with van der Waals surface area (Å²) >= 11 is 1.20. The lowest BCUT2D eigenvalue weighted by Crippen LogP contribution is -2.28. The van der Waals surface area contributed by atoms with Crippen LogP contribution >= 0.6 is 11.8 Å². The molecule has 0 atom stereocenters. The molecule has 1 amide bonds. The molecule has 0 N–H and O–H groups in total. The summed E-state index contributed by atoms with van der Waals surface area (Å²) in [7, 11) is 1.74. The van der Waals surface area contributed by atoms with Gasteiger partial charge >= 0.3 is 0 Å². The van der Waals surface area contributed by atoms with Crippen LogP contribution in [-0.2, 0) is 11.3 Å². The zero-order valence-corrected chi connectivity index (χ0v) is 13.3. The Hall–Kier alpha value is -1.88. The quantitative estimate of drug-likeness (QED) is 0.775. The van der Waals surface area contributed by atoms with Gasteiger partial charge in [-0.25, -0.2) is 8.78 Å². The lowest BCUT2D eigenvalue weighted by molar-refractivity contribution is -0.127. The molecular formula is C17H17F2NOS. The van der Waals surface area contributed by atoms with Crippen molar-refractivity contribution in [2.24, 2.45) is 0 Å². The first-order valence-corrected chi connectivity index (χ1v) is 7.82. The van der Waals surface area contributed by atoms with Gasteiger partial charge < -0.3 is 4.90 Å². The number of hydrogen-bond donors (Lipinski definition) is 0. The second-order valence-corrected chi connectivity index (χ2v) is 6.09. The van der Waals surface area contributed by atoms with Crippen LogP contribution < -0.4 is 0 Å². The SMILES string of the molecule is Cc1ccccc1CN(C)C(=O)CSc1ccc(F)c(F)c1. The van der Waals surface area contributed by atoms with Crippen molar-refractivity contribution in [1.29, 1.82) is 0 Å². The molecule has 2 aromatic rings. The highest BCUT2D eigenvalue weighted by atomic mass is 32.2. The van der Waals surface area contributed by atoms with Crippen molar-refractivity contribution in [3.8, 4) is 0 Å². The van der Waals surface area contributed by atoms with Crippen LogP contribution in [0.2, 0.25) is 0 Å². The van der Waals surface area contributed by atoms with Crippen LogP contribution in [-0.4, -0.2) is 23.6 Å². The molecule has 0 fully saturated rings. The topological polar surface area (TPSA) is 20.3 Å². The van der Waals surface area contributed by atoms with Gasteiger partial charge in [-0.15, -0.1) is 11.8 Å². The van der Waals surface area contributed by atoms with Crippen LogP contribution in [0, 0.1) is 18.6 Å². The third-order valence-electron chi connectivity index (χ3n) is 3.35. The largest absolute Gasteiger partial charge is 0.341 e. The van der Waals surface area contributed by atoms with Gasteiger partial charge in [0.15, 0.2) is 11.6 Å². The van der Waals surface area contributed by atoms with Crippen LogP contribution in [0.5, 0.6) is 0 Å². The lowest BCUT2D eigenvalue weighted by Gasteiger charge is -2.18. The highest BCUT2D eigenvalue weighted by Crippen LogP contribution is 2.21. The molecule has 22 heavy (non-hydrogen) atoms. The van der Waals surface area contributed by atoms with Crippen LogP contribution in [0.4, 0.5) is 8.78 Å². The number of benzene rings is 2. The Balaban J connectivity index is 1.91. The van der Waals surface area contributed by atoms with E-state index < -0.39 is 11.6 Å². The zero-order chi connectivity index (χ0) is 16.1. The van der Waals surface area contributed by atoms with Crippen LogP contribution in [0.15, 0.2) is 47.4 Å². The summed E-state index contributed by atoms with van der Waals surface area (Å²) < 4.78 is 26.0. The van der Waals surface area contributed by atoms with Crippen LogP contribution in [0.3, 0.4) is 0 Å². The molecule has 0 aromatic heterocycles. The third-order valence-corrected chi connectivity index (χ3v) is 4.33. The van der Waals surface area contributed by atoms with Gasteiger partial charge in [0, 0.05) is 18.5 Å². The summed E-state index contributed by atoms with van der Waals surface area (Å²) in [5.41, 5.74) is 2.23. The minimum Gasteiger partial charge on any atom is -0.341 e. The normalized spacial score (nSPS) is 10.5. The zero-order valence-electron chi connectivity index (χ0n) is 12.5. The lowest BCUT2D eigenvalue weighted by atomic mass is 10.1. The van der Waals surface area contributed by atoms with Crippen LogP contribution in [0.25, 0.3) is 0 Å². The van der Waals surface area contributed by atoms with Gasteiger partial charge in [0.05, 0.1) is 5.75 Å². The van der Waals surface area contributed by atoms with Crippen LogP contribution in [0.1, 0.15) is 11.1 Å². The number of aryl methyl sites for hydroxylation is 1. The first kappa shape index (κ1) is 16.5. The van der Waals surface area contributed by atoms with Crippen molar-refractivity contribution in [1.82, 2.24) is 4.90 Å². The number of rotatable bonds is 5. The van der Waals surface area contributed by atoms with Crippen molar-refractivity contribution >= 4 is 17.7 Å². The van der Waals surface area contributed by atoms with Gasteiger partial charge in [-0.2, -0.15) is 0 Å². The molecule has 0 bridgehead atoms. The van der Waals surface area contributed by atoms with E-state index in [0.29, 0.717) is 11.4 Å². The highest BCUT2D eigenvalue weighted by molar-refractivity contribution is 8.00. The number of nitrogens with zero attached hydrogens (tertiary/aromatic N) is 1. The molecule has 0 heterocycles. The fourth-order valence-electron chi connectivity index (χ4n) is 1.95. The number of amides is 1. The van der Waals surface area contributed by atoms with E-state index in [2.05, 4.69) is 0 Å². The van der Waals surface area contributed by atoms with E-state index >= 15 is 0 Å². The van der Waals surface area contributed by atoms with E-state index in [4.69, 9.17) is 0 Å². The summed E-state index contributed by atoms with van der Waals surface area (Å²) in [5, 5.41) is 0. The van der Waals surface area contributed by atoms with E-state index in [1.807, 2.05) is 31.2 Å². The van der Waals surface area contributed by atoms with Gasteiger partial charge in [-0.1, -0.05) is 24.3 Å². The standard InChI is InChI=1S/C17H17F2NOS/c1-12-5-3-4-6-13(12)10-20(2)17(21)11-22-14-7-8-15(18)16(19)9-14/h3-9H,10-11H2,1-2H3. The Bertz CT molecular complexity index is 675. The van der Waals surface area contributed by atoms with Gasteiger partial charge in [-0.05, 0) is 36.2 Å².